The Balaban J connectivity index is 1.81. The Hall–Kier alpha value is -0.990. The molecule has 3 heteroatoms. The van der Waals surface area contributed by atoms with Gasteiger partial charge in [0.2, 0.25) is 0 Å². The Labute approximate surface area is 140 Å². The van der Waals surface area contributed by atoms with Crippen LogP contribution >= 0.6 is 27.5 Å². The largest absolute Gasteiger partial charge is 0.494 e. The molecule has 0 aromatic heterocycles. The molecule has 1 atom stereocenters. The van der Waals surface area contributed by atoms with E-state index in [1.807, 2.05) is 24.3 Å². The summed E-state index contributed by atoms with van der Waals surface area (Å²) < 4.78 is 6.82. The monoisotopic (exact) mass is 366 g/mol. The quantitative estimate of drug-likeness (QED) is 0.577. The molecule has 112 valence electrons. The van der Waals surface area contributed by atoms with E-state index in [4.69, 9.17) is 16.3 Å². The molecular weight excluding hydrogens is 348 g/mol. The van der Waals surface area contributed by atoms with Crippen LogP contribution in [0.25, 0.3) is 0 Å². The molecule has 0 radical (unpaired) electrons. The first-order chi connectivity index (χ1) is 10.2. The highest BCUT2D eigenvalue weighted by atomic mass is 79.9. The highest BCUT2D eigenvalue weighted by Gasteiger charge is 2.09. The van der Waals surface area contributed by atoms with E-state index >= 15 is 0 Å². The zero-order valence-corrected chi connectivity index (χ0v) is 14.5. The maximum atomic E-state index is 6.09. The van der Waals surface area contributed by atoms with Gasteiger partial charge in [0.25, 0.3) is 0 Å². The molecule has 0 heterocycles. The van der Waals surface area contributed by atoms with Crippen LogP contribution in [0.3, 0.4) is 0 Å². The van der Waals surface area contributed by atoms with E-state index in [0.29, 0.717) is 18.4 Å². The van der Waals surface area contributed by atoms with Gasteiger partial charge < -0.3 is 4.74 Å². The van der Waals surface area contributed by atoms with Gasteiger partial charge in [-0.05, 0) is 49.4 Å². The molecule has 0 bridgehead atoms. The van der Waals surface area contributed by atoms with Crippen molar-refractivity contribution < 1.29 is 4.74 Å². The summed E-state index contributed by atoms with van der Waals surface area (Å²) in [6, 6.07) is 16.6. The molecule has 0 fully saturated rings. The second-order valence-corrected chi connectivity index (χ2v) is 6.53. The minimum atomic E-state index is 0.446. The molecule has 1 nitrogen and oxygen atoms in total. The molecule has 0 saturated heterocycles. The fourth-order valence-electron chi connectivity index (χ4n) is 2.19. The van der Waals surface area contributed by atoms with E-state index in [1.165, 1.54) is 11.1 Å². The second kappa shape index (κ2) is 8.45. The predicted molar refractivity (Wildman–Crippen MR) is 93.3 cm³/mol. The first-order valence-electron chi connectivity index (χ1n) is 7.17. The number of hydrogen-bond donors (Lipinski definition) is 0. The number of aryl methyl sites for hydroxylation is 1. The summed E-state index contributed by atoms with van der Waals surface area (Å²) in [6.07, 6.45) is 1.97. The Morgan fingerprint density at radius 3 is 2.57 bits per heavy atom. The van der Waals surface area contributed by atoms with Gasteiger partial charge in [-0.15, -0.1) is 11.6 Å². The Morgan fingerprint density at radius 2 is 1.90 bits per heavy atom. The SMILES string of the molecule is Cc1ccc(CC(CCl)CCOc2cccc(Br)c2)cc1. The van der Waals surface area contributed by atoms with Crippen LogP contribution in [0.2, 0.25) is 0 Å². The Bertz CT molecular complexity index is 553. The Kier molecular flexibility index (Phi) is 6.59. The van der Waals surface area contributed by atoms with E-state index < -0.39 is 0 Å². The molecule has 0 aliphatic heterocycles. The fraction of sp³-hybridized carbons (Fsp3) is 0.333. The number of hydrogen-bond acceptors (Lipinski definition) is 1. The van der Waals surface area contributed by atoms with Crippen molar-refractivity contribution in [1.82, 2.24) is 0 Å². The topological polar surface area (TPSA) is 9.23 Å². The summed E-state index contributed by atoms with van der Waals surface area (Å²) in [7, 11) is 0. The average Bonchev–Trinajstić information content (AvgIpc) is 2.48. The van der Waals surface area contributed by atoms with Crippen molar-refractivity contribution in [2.45, 2.75) is 19.8 Å². The molecule has 0 aliphatic carbocycles. The fourth-order valence-corrected chi connectivity index (χ4v) is 2.83. The van der Waals surface area contributed by atoms with Crippen LogP contribution in [0.4, 0.5) is 0 Å². The second-order valence-electron chi connectivity index (χ2n) is 5.30. The van der Waals surface area contributed by atoms with Crippen molar-refractivity contribution in [2.24, 2.45) is 5.92 Å². The van der Waals surface area contributed by atoms with Gasteiger partial charge in [-0.3, -0.25) is 0 Å². The third-order valence-electron chi connectivity index (χ3n) is 3.45. The lowest BCUT2D eigenvalue weighted by atomic mass is 9.97. The highest BCUT2D eigenvalue weighted by molar-refractivity contribution is 9.10. The minimum Gasteiger partial charge on any atom is -0.494 e. The van der Waals surface area contributed by atoms with Crippen molar-refractivity contribution >= 4 is 27.5 Å². The average molecular weight is 368 g/mol. The van der Waals surface area contributed by atoms with Gasteiger partial charge in [-0.1, -0.05) is 51.8 Å². The summed E-state index contributed by atoms with van der Waals surface area (Å²) in [5, 5.41) is 0. The lowest BCUT2D eigenvalue weighted by Gasteiger charge is -2.15. The third-order valence-corrected chi connectivity index (χ3v) is 4.38. The lowest BCUT2D eigenvalue weighted by Crippen LogP contribution is -2.11. The van der Waals surface area contributed by atoms with Crippen LogP contribution in [0.1, 0.15) is 17.5 Å². The molecule has 0 N–H and O–H groups in total. The van der Waals surface area contributed by atoms with Gasteiger partial charge in [-0.2, -0.15) is 0 Å². The van der Waals surface area contributed by atoms with Gasteiger partial charge in [0.1, 0.15) is 5.75 Å². The maximum Gasteiger partial charge on any atom is 0.120 e. The van der Waals surface area contributed by atoms with E-state index in [-0.39, 0.29) is 0 Å². The molecule has 0 saturated carbocycles. The number of ether oxygens (including phenoxy) is 1. The van der Waals surface area contributed by atoms with Crippen molar-refractivity contribution in [1.29, 1.82) is 0 Å². The molecule has 2 rings (SSSR count). The van der Waals surface area contributed by atoms with Gasteiger partial charge in [-0.25, -0.2) is 0 Å². The molecule has 1 unspecified atom stereocenters. The number of rotatable bonds is 7. The van der Waals surface area contributed by atoms with Crippen molar-refractivity contribution in [2.75, 3.05) is 12.5 Å². The van der Waals surface area contributed by atoms with Gasteiger partial charge in [0.15, 0.2) is 0 Å². The molecule has 0 spiro atoms. The van der Waals surface area contributed by atoms with Gasteiger partial charge in [0.05, 0.1) is 6.61 Å². The standard InChI is InChI=1S/C18H20BrClO/c1-14-5-7-15(8-6-14)11-16(13-20)9-10-21-18-4-2-3-17(19)12-18/h2-8,12,16H,9-11,13H2,1H3. The summed E-state index contributed by atoms with van der Waals surface area (Å²) in [5.74, 6) is 2.00. The van der Waals surface area contributed by atoms with Crippen LogP contribution < -0.4 is 4.74 Å². The first kappa shape index (κ1) is 16.4. The number of alkyl halides is 1. The minimum absolute atomic E-state index is 0.446. The summed E-state index contributed by atoms with van der Waals surface area (Å²) >= 11 is 9.54. The smallest absolute Gasteiger partial charge is 0.120 e. The zero-order chi connectivity index (χ0) is 15.1. The molecule has 2 aromatic carbocycles. The summed E-state index contributed by atoms with van der Waals surface area (Å²) in [4.78, 5) is 0. The van der Waals surface area contributed by atoms with Gasteiger partial charge in [0, 0.05) is 10.4 Å². The van der Waals surface area contributed by atoms with E-state index in [0.717, 1.165) is 23.1 Å². The molecule has 0 aliphatic rings. The Morgan fingerprint density at radius 1 is 1.14 bits per heavy atom. The number of halogens is 2. The predicted octanol–water partition coefficient (Wildman–Crippen LogP) is 5.62. The van der Waals surface area contributed by atoms with Crippen LogP contribution in [-0.4, -0.2) is 12.5 Å². The van der Waals surface area contributed by atoms with Gasteiger partial charge >= 0.3 is 0 Å². The molecule has 21 heavy (non-hydrogen) atoms. The van der Waals surface area contributed by atoms with E-state index in [1.54, 1.807) is 0 Å². The molecular formula is C18H20BrClO. The van der Waals surface area contributed by atoms with Crippen LogP contribution in [-0.2, 0) is 6.42 Å². The van der Waals surface area contributed by atoms with Crippen LogP contribution in [0.15, 0.2) is 53.0 Å². The highest BCUT2D eigenvalue weighted by Crippen LogP contribution is 2.19. The third kappa shape index (κ3) is 5.72. The van der Waals surface area contributed by atoms with Crippen LogP contribution in [0.5, 0.6) is 5.75 Å². The van der Waals surface area contributed by atoms with E-state index in [9.17, 15) is 0 Å². The zero-order valence-electron chi connectivity index (χ0n) is 12.2. The summed E-state index contributed by atoms with van der Waals surface area (Å²) in [6.45, 7) is 2.80. The van der Waals surface area contributed by atoms with E-state index in [2.05, 4.69) is 47.1 Å². The van der Waals surface area contributed by atoms with Crippen LogP contribution in [0, 0.1) is 12.8 Å². The normalized spacial score (nSPS) is 12.1. The van der Waals surface area contributed by atoms with Crippen molar-refractivity contribution in [3.63, 3.8) is 0 Å². The van der Waals surface area contributed by atoms with Crippen molar-refractivity contribution in [3.05, 3.63) is 64.1 Å². The number of benzene rings is 2. The van der Waals surface area contributed by atoms with Crippen molar-refractivity contribution in [3.8, 4) is 5.75 Å². The summed E-state index contributed by atoms with van der Waals surface area (Å²) in [5.41, 5.74) is 2.63. The maximum absolute atomic E-state index is 6.09. The lowest BCUT2D eigenvalue weighted by molar-refractivity contribution is 0.284. The molecule has 0 amide bonds. The molecule has 2 aromatic rings. The first-order valence-corrected chi connectivity index (χ1v) is 8.50.